The number of sulfonamides is 1. The molecule has 1 aromatic carbocycles. The first-order chi connectivity index (χ1) is 12.2. The SMILES string of the molecule is CC1(C)CN(C(=O)c2cccc(S(=O)(=O)N3CCOCC3)c2)CCC1N.Cl. The van der Waals surface area contributed by atoms with Crippen molar-refractivity contribution in [3.8, 4) is 0 Å². The summed E-state index contributed by atoms with van der Waals surface area (Å²) >= 11 is 0. The zero-order chi connectivity index (χ0) is 18.9. The molecule has 1 amide bonds. The van der Waals surface area contributed by atoms with Crippen molar-refractivity contribution in [3.63, 3.8) is 0 Å². The van der Waals surface area contributed by atoms with Crippen LogP contribution in [0.25, 0.3) is 0 Å². The molecule has 0 saturated carbocycles. The lowest BCUT2D eigenvalue weighted by molar-refractivity contribution is 0.0532. The number of amides is 1. The number of benzene rings is 1. The molecule has 2 aliphatic heterocycles. The first kappa shape index (κ1) is 22.1. The van der Waals surface area contributed by atoms with Gasteiger partial charge in [-0.1, -0.05) is 19.9 Å². The van der Waals surface area contributed by atoms with Gasteiger partial charge in [0.2, 0.25) is 10.0 Å². The zero-order valence-corrected chi connectivity index (χ0v) is 17.4. The molecule has 9 heteroatoms. The van der Waals surface area contributed by atoms with Crippen LogP contribution >= 0.6 is 12.4 Å². The molecule has 0 aromatic heterocycles. The number of hydrogen-bond donors (Lipinski definition) is 1. The van der Waals surface area contributed by atoms with Crippen LogP contribution in [0.1, 0.15) is 30.6 Å². The summed E-state index contributed by atoms with van der Waals surface area (Å²) in [6, 6.07) is 6.37. The van der Waals surface area contributed by atoms with E-state index < -0.39 is 10.0 Å². The van der Waals surface area contributed by atoms with Gasteiger partial charge in [0, 0.05) is 37.8 Å². The third-order valence-electron chi connectivity index (χ3n) is 5.29. The predicted octanol–water partition coefficient (Wildman–Crippen LogP) is 1.33. The van der Waals surface area contributed by atoms with E-state index >= 15 is 0 Å². The van der Waals surface area contributed by atoms with Gasteiger partial charge in [-0.25, -0.2) is 8.42 Å². The van der Waals surface area contributed by atoms with Gasteiger partial charge in [0.25, 0.3) is 5.91 Å². The number of carbonyl (C=O) groups is 1. The van der Waals surface area contributed by atoms with Gasteiger partial charge in [0.05, 0.1) is 18.1 Å². The summed E-state index contributed by atoms with van der Waals surface area (Å²) in [5.41, 5.74) is 6.38. The number of likely N-dealkylation sites (tertiary alicyclic amines) is 1. The Hall–Kier alpha value is -1.19. The maximum atomic E-state index is 12.9. The van der Waals surface area contributed by atoms with Gasteiger partial charge in [0.1, 0.15) is 0 Å². The number of hydrogen-bond acceptors (Lipinski definition) is 5. The van der Waals surface area contributed by atoms with Crippen molar-refractivity contribution in [2.75, 3.05) is 39.4 Å². The second-order valence-electron chi connectivity index (χ2n) is 7.65. The highest BCUT2D eigenvalue weighted by atomic mass is 35.5. The third kappa shape index (κ3) is 4.63. The number of piperidine rings is 1. The Morgan fingerprint density at radius 2 is 1.89 bits per heavy atom. The summed E-state index contributed by atoms with van der Waals surface area (Å²) in [6.45, 7) is 6.70. The van der Waals surface area contributed by atoms with Crippen molar-refractivity contribution < 1.29 is 17.9 Å². The summed E-state index contributed by atoms with van der Waals surface area (Å²) in [5, 5.41) is 0. The van der Waals surface area contributed by atoms with Crippen LogP contribution in [0.15, 0.2) is 29.2 Å². The van der Waals surface area contributed by atoms with Crippen molar-refractivity contribution in [3.05, 3.63) is 29.8 Å². The van der Waals surface area contributed by atoms with Crippen LogP contribution in [0.3, 0.4) is 0 Å². The maximum Gasteiger partial charge on any atom is 0.253 e. The summed E-state index contributed by atoms with van der Waals surface area (Å²) in [6.07, 6.45) is 0.741. The van der Waals surface area contributed by atoms with Crippen LogP contribution in [0.5, 0.6) is 0 Å². The van der Waals surface area contributed by atoms with E-state index in [1.54, 1.807) is 17.0 Å². The van der Waals surface area contributed by atoms with Crippen LogP contribution in [0, 0.1) is 5.41 Å². The van der Waals surface area contributed by atoms with Gasteiger partial charge in [-0.2, -0.15) is 4.31 Å². The molecule has 2 saturated heterocycles. The van der Waals surface area contributed by atoms with Crippen LogP contribution in [0.2, 0.25) is 0 Å². The fourth-order valence-electron chi connectivity index (χ4n) is 3.46. The number of carbonyl (C=O) groups excluding carboxylic acids is 1. The highest BCUT2D eigenvalue weighted by molar-refractivity contribution is 7.89. The van der Waals surface area contributed by atoms with Crippen LogP contribution in [-0.4, -0.2) is 69.0 Å². The Labute approximate surface area is 167 Å². The fourth-order valence-corrected chi connectivity index (χ4v) is 4.91. The largest absolute Gasteiger partial charge is 0.379 e. The first-order valence-electron chi connectivity index (χ1n) is 8.95. The number of morpholine rings is 1. The molecule has 2 N–H and O–H groups in total. The van der Waals surface area contributed by atoms with E-state index in [-0.39, 0.29) is 34.7 Å². The zero-order valence-electron chi connectivity index (χ0n) is 15.8. The van der Waals surface area contributed by atoms with Gasteiger partial charge in [-0.05, 0) is 30.0 Å². The Kier molecular flexibility index (Phi) is 6.91. The van der Waals surface area contributed by atoms with Crippen LogP contribution in [0.4, 0.5) is 0 Å². The Morgan fingerprint density at radius 1 is 1.22 bits per heavy atom. The predicted molar refractivity (Wildman–Crippen MR) is 106 cm³/mol. The Balaban J connectivity index is 0.00000261. The second kappa shape index (κ2) is 8.45. The Bertz CT molecular complexity index is 779. The average Bonchev–Trinajstić information content (AvgIpc) is 2.64. The van der Waals surface area contributed by atoms with E-state index in [0.717, 1.165) is 6.42 Å². The molecule has 2 fully saturated rings. The second-order valence-corrected chi connectivity index (χ2v) is 9.59. The highest BCUT2D eigenvalue weighted by Crippen LogP contribution is 2.29. The summed E-state index contributed by atoms with van der Waals surface area (Å²) in [7, 11) is -3.62. The number of halogens is 1. The summed E-state index contributed by atoms with van der Waals surface area (Å²) in [5.74, 6) is -0.149. The summed E-state index contributed by atoms with van der Waals surface area (Å²) in [4.78, 5) is 14.8. The normalized spacial score (nSPS) is 23.5. The number of rotatable bonds is 3. The van der Waals surface area contributed by atoms with Gasteiger partial charge in [0.15, 0.2) is 0 Å². The monoisotopic (exact) mass is 417 g/mol. The van der Waals surface area contributed by atoms with Crippen molar-refractivity contribution in [2.45, 2.75) is 31.2 Å². The number of nitrogens with zero attached hydrogens (tertiary/aromatic N) is 2. The molecule has 7 nitrogen and oxygen atoms in total. The third-order valence-corrected chi connectivity index (χ3v) is 7.18. The molecule has 3 rings (SSSR count). The molecule has 1 unspecified atom stereocenters. The quantitative estimate of drug-likeness (QED) is 0.800. The molecule has 2 aliphatic rings. The molecule has 0 radical (unpaired) electrons. The van der Waals surface area contributed by atoms with Crippen LogP contribution in [-0.2, 0) is 14.8 Å². The van der Waals surface area contributed by atoms with Crippen molar-refractivity contribution in [1.82, 2.24) is 9.21 Å². The minimum absolute atomic E-state index is 0. The molecule has 1 atom stereocenters. The first-order valence-corrected chi connectivity index (χ1v) is 10.4. The molecule has 27 heavy (non-hydrogen) atoms. The van der Waals surface area contributed by atoms with E-state index in [9.17, 15) is 13.2 Å². The smallest absolute Gasteiger partial charge is 0.253 e. The maximum absolute atomic E-state index is 12.9. The lowest BCUT2D eigenvalue weighted by Crippen LogP contribution is -2.54. The van der Waals surface area contributed by atoms with Gasteiger partial charge < -0.3 is 15.4 Å². The fraction of sp³-hybridized carbons (Fsp3) is 0.611. The van der Waals surface area contributed by atoms with Crippen molar-refractivity contribution >= 4 is 28.3 Å². The van der Waals surface area contributed by atoms with Crippen LogP contribution < -0.4 is 5.73 Å². The van der Waals surface area contributed by atoms with Crippen molar-refractivity contribution in [2.24, 2.45) is 11.1 Å². The molecular formula is C18H28ClN3O4S. The average molecular weight is 418 g/mol. The minimum atomic E-state index is -3.62. The molecule has 0 bridgehead atoms. The Morgan fingerprint density at radius 3 is 2.52 bits per heavy atom. The van der Waals surface area contributed by atoms with Gasteiger partial charge in [-0.3, -0.25) is 4.79 Å². The van der Waals surface area contributed by atoms with E-state index in [4.69, 9.17) is 10.5 Å². The minimum Gasteiger partial charge on any atom is -0.379 e. The lowest BCUT2D eigenvalue weighted by atomic mass is 9.79. The molecular weight excluding hydrogens is 390 g/mol. The number of nitrogens with two attached hydrogens (primary N) is 1. The molecule has 0 spiro atoms. The lowest BCUT2D eigenvalue weighted by Gasteiger charge is -2.42. The molecule has 152 valence electrons. The van der Waals surface area contributed by atoms with E-state index in [0.29, 0.717) is 45.0 Å². The standard InChI is InChI=1S/C18H27N3O4S.ClH/c1-18(2)13-20(7-6-16(18)19)17(22)14-4-3-5-15(12-14)26(23,24)21-8-10-25-11-9-21;/h3-5,12,16H,6-11,13,19H2,1-2H3;1H. The highest BCUT2D eigenvalue weighted by Gasteiger charge is 2.36. The molecule has 0 aliphatic carbocycles. The van der Waals surface area contributed by atoms with E-state index in [1.165, 1.54) is 16.4 Å². The van der Waals surface area contributed by atoms with E-state index in [1.807, 2.05) is 0 Å². The molecule has 1 aromatic rings. The number of ether oxygens (including phenoxy) is 1. The van der Waals surface area contributed by atoms with Gasteiger partial charge >= 0.3 is 0 Å². The van der Waals surface area contributed by atoms with E-state index in [2.05, 4.69) is 13.8 Å². The summed E-state index contributed by atoms with van der Waals surface area (Å²) < 4.78 is 32.3. The topological polar surface area (TPSA) is 92.9 Å². The van der Waals surface area contributed by atoms with Crippen molar-refractivity contribution in [1.29, 1.82) is 0 Å². The molecule has 2 heterocycles. The van der Waals surface area contributed by atoms with Gasteiger partial charge in [-0.15, -0.1) is 12.4 Å².